The van der Waals surface area contributed by atoms with Gasteiger partial charge in [-0.3, -0.25) is 0 Å². The van der Waals surface area contributed by atoms with Gasteiger partial charge in [-0.1, -0.05) is 36.3 Å². The topological polar surface area (TPSA) is 20.2 Å². The molecule has 0 saturated carbocycles. The van der Waals surface area contributed by atoms with Gasteiger partial charge >= 0.3 is 6.18 Å². The van der Waals surface area contributed by atoms with E-state index in [0.29, 0.717) is 0 Å². The van der Waals surface area contributed by atoms with Crippen molar-refractivity contribution in [3.8, 4) is 12.3 Å². The first-order valence-electron chi connectivity index (χ1n) is 3.74. The molecule has 14 heavy (non-hydrogen) atoms. The number of terminal acetylenes is 1. The van der Waals surface area contributed by atoms with Crippen LogP contribution in [0, 0.1) is 12.3 Å². The highest BCUT2D eigenvalue weighted by molar-refractivity contribution is 5.32. The number of hydrogen-bond donors (Lipinski definition) is 1. The number of rotatable bonds is 1. The van der Waals surface area contributed by atoms with Gasteiger partial charge < -0.3 is 5.11 Å². The van der Waals surface area contributed by atoms with E-state index in [9.17, 15) is 18.3 Å². The highest BCUT2D eigenvalue weighted by Crippen LogP contribution is 2.37. The van der Waals surface area contributed by atoms with E-state index >= 15 is 0 Å². The van der Waals surface area contributed by atoms with Crippen molar-refractivity contribution in [1.29, 1.82) is 0 Å². The summed E-state index contributed by atoms with van der Waals surface area (Å²) in [5, 5.41) is 9.27. The second-order valence-electron chi connectivity index (χ2n) is 2.72. The molecule has 1 N–H and O–H groups in total. The molecule has 74 valence electrons. The van der Waals surface area contributed by atoms with Gasteiger partial charge in [0.2, 0.25) is 5.60 Å². The third-order valence-corrected chi connectivity index (χ3v) is 1.81. The summed E-state index contributed by atoms with van der Waals surface area (Å²) in [5.41, 5.74) is -3.55. The second-order valence-corrected chi connectivity index (χ2v) is 2.72. The lowest BCUT2D eigenvalue weighted by Gasteiger charge is -2.25. The van der Waals surface area contributed by atoms with E-state index in [4.69, 9.17) is 6.42 Å². The average Bonchev–Trinajstić information content (AvgIpc) is 2.16. The van der Waals surface area contributed by atoms with Gasteiger partial charge in [0.15, 0.2) is 0 Å². The second kappa shape index (κ2) is 3.35. The van der Waals surface area contributed by atoms with E-state index in [1.165, 1.54) is 24.1 Å². The Bertz CT molecular complexity index is 350. The monoisotopic (exact) mass is 200 g/mol. The van der Waals surface area contributed by atoms with Crippen LogP contribution in [0.15, 0.2) is 30.3 Å². The number of aliphatic hydroxyl groups is 1. The highest BCUT2D eigenvalue weighted by Gasteiger charge is 2.54. The van der Waals surface area contributed by atoms with Gasteiger partial charge in [-0.25, -0.2) is 0 Å². The van der Waals surface area contributed by atoms with Gasteiger partial charge in [-0.05, 0) is 0 Å². The van der Waals surface area contributed by atoms with Crippen LogP contribution in [-0.4, -0.2) is 11.3 Å². The molecule has 1 aromatic carbocycles. The Morgan fingerprint density at radius 3 is 2.00 bits per heavy atom. The zero-order valence-electron chi connectivity index (χ0n) is 7.05. The largest absolute Gasteiger partial charge is 0.433 e. The average molecular weight is 200 g/mol. The van der Waals surface area contributed by atoms with E-state index in [-0.39, 0.29) is 5.56 Å². The summed E-state index contributed by atoms with van der Waals surface area (Å²) in [6, 6.07) is 6.56. The molecular formula is C10H7F3O. The molecule has 1 nitrogen and oxygen atoms in total. The molecule has 0 saturated heterocycles. The number of alkyl halides is 3. The van der Waals surface area contributed by atoms with Crippen LogP contribution in [0.3, 0.4) is 0 Å². The maximum Gasteiger partial charge on any atom is 0.433 e. The molecule has 0 aromatic heterocycles. The van der Waals surface area contributed by atoms with E-state index < -0.39 is 11.8 Å². The highest BCUT2D eigenvalue weighted by atomic mass is 19.4. The van der Waals surface area contributed by atoms with Crippen molar-refractivity contribution in [3.05, 3.63) is 35.9 Å². The van der Waals surface area contributed by atoms with Crippen LogP contribution in [0.25, 0.3) is 0 Å². The first-order chi connectivity index (χ1) is 6.42. The van der Waals surface area contributed by atoms with Gasteiger partial charge in [0, 0.05) is 5.56 Å². The normalized spacial score (nSPS) is 15.6. The molecule has 1 atom stereocenters. The molecule has 0 amide bonds. The van der Waals surface area contributed by atoms with Crippen molar-refractivity contribution in [2.24, 2.45) is 0 Å². The summed E-state index contributed by atoms with van der Waals surface area (Å²) in [6.45, 7) is 0. The summed E-state index contributed by atoms with van der Waals surface area (Å²) in [7, 11) is 0. The lowest BCUT2D eigenvalue weighted by Crippen LogP contribution is -2.40. The van der Waals surface area contributed by atoms with Crippen molar-refractivity contribution in [2.75, 3.05) is 0 Å². The van der Waals surface area contributed by atoms with Gasteiger partial charge in [-0.15, -0.1) is 6.42 Å². The summed E-state index contributed by atoms with van der Waals surface area (Å²) in [4.78, 5) is 0. The fourth-order valence-corrected chi connectivity index (χ4v) is 1.01. The van der Waals surface area contributed by atoms with Gasteiger partial charge in [0.1, 0.15) is 0 Å². The van der Waals surface area contributed by atoms with Crippen LogP contribution < -0.4 is 0 Å². The summed E-state index contributed by atoms with van der Waals surface area (Å²) < 4.78 is 37.2. The Balaban J connectivity index is 3.25. The van der Waals surface area contributed by atoms with Crippen LogP contribution in [0.5, 0.6) is 0 Å². The zero-order valence-corrected chi connectivity index (χ0v) is 7.05. The van der Waals surface area contributed by atoms with E-state index in [1.807, 2.05) is 0 Å². The smallest absolute Gasteiger partial charge is 0.366 e. The summed E-state index contributed by atoms with van der Waals surface area (Å²) >= 11 is 0. The van der Waals surface area contributed by atoms with Crippen LogP contribution in [-0.2, 0) is 5.60 Å². The Morgan fingerprint density at radius 1 is 1.14 bits per heavy atom. The molecule has 0 aliphatic heterocycles. The molecule has 0 heterocycles. The van der Waals surface area contributed by atoms with E-state index in [2.05, 4.69) is 0 Å². The molecule has 4 heteroatoms. The number of benzene rings is 1. The minimum Gasteiger partial charge on any atom is -0.366 e. The molecule has 1 aromatic rings. The van der Waals surface area contributed by atoms with Crippen LogP contribution in [0.4, 0.5) is 13.2 Å². The maximum atomic E-state index is 12.4. The van der Waals surface area contributed by atoms with Crippen molar-refractivity contribution < 1.29 is 18.3 Å². The third-order valence-electron chi connectivity index (χ3n) is 1.81. The Labute approximate surface area is 79.2 Å². The Hall–Kier alpha value is -1.47. The lowest BCUT2D eigenvalue weighted by atomic mass is 9.94. The van der Waals surface area contributed by atoms with Crippen LogP contribution in [0.2, 0.25) is 0 Å². The Kier molecular flexibility index (Phi) is 2.54. The predicted octanol–water partition coefficient (Wildman–Crippen LogP) is 2.07. The standard InChI is InChI=1S/C10H7F3O/c1-2-9(14,10(11,12)13)8-6-4-3-5-7-8/h1,3-7,14H/t9-/m1/s1. The first-order valence-corrected chi connectivity index (χ1v) is 3.74. The van der Waals surface area contributed by atoms with Gasteiger partial charge in [0.25, 0.3) is 0 Å². The van der Waals surface area contributed by atoms with Gasteiger partial charge in [-0.2, -0.15) is 13.2 Å². The molecule has 0 unspecified atom stereocenters. The predicted molar refractivity (Wildman–Crippen MR) is 45.2 cm³/mol. The SMILES string of the molecule is C#C[C@@](O)(c1ccccc1)C(F)(F)F. The van der Waals surface area contributed by atoms with Crippen molar-refractivity contribution >= 4 is 0 Å². The fourth-order valence-electron chi connectivity index (χ4n) is 1.01. The van der Waals surface area contributed by atoms with Crippen molar-refractivity contribution in [3.63, 3.8) is 0 Å². The maximum absolute atomic E-state index is 12.4. The Morgan fingerprint density at radius 2 is 1.64 bits per heavy atom. The molecule has 0 fully saturated rings. The van der Waals surface area contributed by atoms with Crippen LogP contribution >= 0.6 is 0 Å². The number of halogens is 3. The molecule has 0 spiro atoms. The van der Waals surface area contributed by atoms with E-state index in [0.717, 1.165) is 12.1 Å². The first kappa shape index (κ1) is 10.6. The minimum absolute atomic E-state index is 0.352. The quantitative estimate of drug-likeness (QED) is 0.688. The van der Waals surface area contributed by atoms with Gasteiger partial charge in [0.05, 0.1) is 0 Å². The molecule has 0 aliphatic rings. The number of hydrogen-bond acceptors (Lipinski definition) is 1. The molecule has 0 aliphatic carbocycles. The lowest BCUT2D eigenvalue weighted by molar-refractivity contribution is -0.240. The van der Waals surface area contributed by atoms with Crippen molar-refractivity contribution in [2.45, 2.75) is 11.8 Å². The van der Waals surface area contributed by atoms with E-state index in [1.54, 1.807) is 0 Å². The molecule has 1 rings (SSSR count). The molecule has 0 bridgehead atoms. The summed E-state index contributed by atoms with van der Waals surface area (Å²) in [6.07, 6.45) is -0.167. The molecular weight excluding hydrogens is 193 g/mol. The minimum atomic E-state index is -4.87. The van der Waals surface area contributed by atoms with Crippen molar-refractivity contribution in [1.82, 2.24) is 0 Å². The summed E-state index contributed by atoms with van der Waals surface area (Å²) in [5.74, 6) is 1.37. The fraction of sp³-hybridized carbons (Fsp3) is 0.200. The van der Waals surface area contributed by atoms with Crippen LogP contribution in [0.1, 0.15) is 5.56 Å². The zero-order chi connectivity index (χ0) is 10.8. The third kappa shape index (κ3) is 1.59. The molecule has 0 radical (unpaired) electrons.